The molecule has 30 heavy (non-hydrogen) atoms. The molecular weight excluding hydrogens is 437 g/mol. The first-order valence-corrected chi connectivity index (χ1v) is 9.74. The van der Waals surface area contributed by atoms with Crippen LogP contribution in [0.5, 0.6) is 0 Å². The number of rotatable bonds is 4. The highest BCUT2D eigenvalue weighted by atomic mass is 35.5. The van der Waals surface area contributed by atoms with Crippen LogP contribution in [0.3, 0.4) is 0 Å². The van der Waals surface area contributed by atoms with Gasteiger partial charge in [-0.1, -0.05) is 17.7 Å². The number of aromatic nitrogens is 6. The minimum absolute atomic E-state index is 0.248. The van der Waals surface area contributed by atoms with E-state index in [-0.39, 0.29) is 5.03 Å². The summed E-state index contributed by atoms with van der Waals surface area (Å²) in [5.41, 5.74) is 1.25. The molecule has 0 N–H and O–H groups in total. The summed E-state index contributed by atoms with van der Waals surface area (Å²) >= 11 is 7.35. The Hall–Kier alpha value is -2.98. The van der Waals surface area contributed by atoms with E-state index in [1.807, 2.05) is 13.0 Å². The molecule has 6 nitrogen and oxygen atoms in total. The summed E-state index contributed by atoms with van der Waals surface area (Å²) in [5.74, 6) is 0.533. The number of halogens is 4. The largest absolute Gasteiger partial charge is 0.435 e. The zero-order chi connectivity index (χ0) is 21.3. The molecule has 3 heterocycles. The molecular formula is C19H12ClF3N6S. The van der Waals surface area contributed by atoms with Gasteiger partial charge in [-0.25, -0.2) is 0 Å². The SMILES string of the molecule is Cc1c(Cl)cccc1-n1c(Sc2ccc(C(F)(F)F)nn2)nnc1-c1ccncc1. The molecule has 4 rings (SSSR count). The van der Waals surface area contributed by atoms with Crippen LogP contribution in [0.1, 0.15) is 11.3 Å². The molecule has 0 aliphatic carbocycles. The van der Waals surface area contributed by atoms with Gasteiger partial charge < -0.3 is 0 Å². The maximum atomic E-state index is 12.8. The molecule has 11 heteroatoms. The van der Waals surface area contributed by atoms with Gasteiger partial charge in [0.15, 0.2) is 11.5 Å². The second kappa shape index (κ2) is 8.04. The molecule has 0 aliphatic heterocycles. The van der Waals surface area contributed by atoms with Crippen LogP contribution in [0.15, 0.2) is 65.0 Å². The summed E-state index contributed by atoms with van der Waals surface area (Å²) in [4.78, 5) is 4.01. The highest BCUT2D eigenvalue weighted by Crippen LogP contribution is 2.34. The third kappa shape index (κ3) is 4.01. The van der Waals surface area contributed by atoms with Crippen molar-refractivity contribution < 1.29 is 13.2 Å². The number of hydrogen-bond acceptors (Lipinski definition) is 6. The van der Waals surface area contributed by atoms with Gasteiger partial charge >= 0.3 is 6.18 Å². The Labute approximate surface area is 178 Å². The lowest BCUT2D eigenvalue weighted by molar-refractivity contribution is -0.141. The van der Waals surface area contributed by atoms with E-state index in [1.165, 1.54) is 6.07 Å². The van der Waals surface area contributed by atoms with Crippen molar-refractivity contribution in [1.82, 2.24) is 29.9 Å². The van der Waals surface area contributed by atoms with Gasteiger partial charge in [-0.3, -0.25) is 9.55 Å². The Morgan fingerprint density at radius 3 is 2.37 bits per heavy atom. The average molecular weight is 449 g/mol. The van der Waals surface area contributed by atoms with Crippen LogP contribution in [0.2, 0.25) is 5.02 Å². The zero-order valence-electron chi connectivity index (χ0n) is 15.3. The van der Waals surface area contributed by atoms with Crippen LogP contribution in [-0.4, -0.2) is 29.9 Å². The highest BCUT2D eigenvalue weighted by Gasteiger charge is 2.33. The summed E-state index contributed by atoms with van der Waals surface area (Å²) in [6, 6.07) is 11.1. The molecule has 0 fully saturated rings. The van der Waals surface area contributed by atoms with Crippen molar-refractivity contribution in [3.05, 3.63) is 71.1 Å². The molecule has 0 aliphatic rings. The van der Waals surface area contributed by atoms with Crippen LogP contribution in [-0.2, 0) is 6.18 Å². The first kappa shape index (κ1) is 20.3. The summed E-state index contributed by atoms with van der Waals surface area (Å²) < 4.78 is 40.0. The fraction of sp³-hybridized carbons (Fsp3) is 0.105. The maximum absolute atomic E-state index is 12.8. The zero-order valence-corrected chi connectivity index (χ0v) is 16.9. The predicted octanol–water partition coefficient (Wildman–Crippen LogP) is 5.25. The molecule has 4 aromatic rings. The Kier molecular flexibility index (Phi) is 5.44. The third-order valence-electron chi connectivity index (χ3n) is 4.18. The summed E-state index contributed by atoms with van der Waals surface area (Å²) in [5, 5.41) is 16.7. The van der Waals surface area contributed by atoms with Crippen LogP contribution in [0.4, 0.5) is 13.2 Å². The van der Waals surface area contributed by atoms with Crippen molar-refractivity contribution in [2.75, 3.05) is 0 Å². The molecule has 0 amide bonds. The number of hydrogen-bond donors (Lipinski definition) is 0. The topological polar surface area (TPSA) is 69.4 Å². The maximum Gasteiger partial charge on any atom is 0.435 e. The lowest BCUT2D eigenvalue weighted by Crippen LogP contribution is -2.09. The van der Waals surface area contributed by atoms with Crippen molar-refractivity contribution in [1.29, 1.82) is 0 Å². The van der Waals surface area contributed by atoms with Crippen molar-refractivity contribution >= 4 is 23.4 Å². The molecule has 0 spiro atoms. The number of pyridine rings is 1. The Balaban J connectivity index is 1.81. The standard InChI is InChI=1S/C19H12ClF3N6S/c1-11-13(20)3-2-4-14(11)29-17(12-7-9-24-10-8-12)27-28-18(29)30-16-6-5-15(25-26-16)19(21,22)23/h2-10H,1H3. The van der Waals surface area contributed by atoms with Gasteiger partial charge in [0.05, 0.1) is 5.69 Å². The molecule has 0 atom stereocenters. The monoisotopic (exact) mass is 448 g/mol. The Bertz CT molecular complexity index is 1180. The minimum Gasteiger partial charge on any atom is -0.269 e. The second-order valence-corrected chi connectivity index (χ2v) is 7.51. The quantitative estimate of drug-likeness (QED) is 0.424. The molecule has 152 valence electrons. The highest BCUT2D eigenvalue weighted by molar-refractivity contribution is 7.99. The first-order chi connectivity index (χ1) is 14.3. The fourth-order valence-electron chi connectivity index (χ4n) is 2.70. The van der Waals surface area contributed by atoms with Crippen molar-refractivity contribution in [2.45, 2.75) is 23.3 Å². The van der Waals surface area contributed by atoms with E-state index in [4.69, 9.17) is 11.6 Å². The van der Waals surface area contributed by atoms with Crippen molar-refractivity contribution in [3.8, 4) is 17.1 Å². The molecule has 1 aromatic carbocycles. The lowest BCUT2D eigenvalue weighted by Gasteiger charge is -2.13. The van der Waals surface area contributed by atoms with E-state index < -0.39 is 11.9 Å². The van der Waals surface area contributed by atoms with E-state index in [1.54, 1.807) is 41.2 Å². The van der Waals surface area contributed by atoms with Gasteiger partial charge in [0.25, 0.3) is 0 Å². The number of benzene rings is 1. The molecule has 0 saturated carbocycles. The van der Waals surface area contributed by atoms with Crippen LogP contribution in [0.25, 0.3) is 17.1 Å². The van der Waals surface area contributed by atoms with Gasteiger partial charge in [0, 0.05) is 23.0 Å². The Morgan fingerprint density at radius 1 is 0.933 bits per heavy atom. The normalized spacial score (nSPS) is 11.6. The molecule has 0 saturated heterocycles. The third-order valence-corrected chi connectivity index (χ3v) is 5.46. The van der Waals surface area contributed by atoms with E-state index in [0.717, 1.165) is 34.6 Å². The number of alkyl halides is 3. The van der Waals surface area contributed by atoms with Crippen LogP contribution >= 0.6 is 23.4 Å². The number of nitrogens with zero attached hydrogens (tertiary/aromatic N) is 6. The van der Waals surface area contributed by atoms with E-state index >= 15 is 0 Å². The van der Waals surface area contributed by atoms with Gasteiger partial charge in [-0.2, -0.15) is 13.2 Å². The van der Waals surface area contributed by atoms with Gasteiger partial charge in [-0.05, 0) is 60.6 Å². The molecule has 3 aromatic heterocycles. The first-order valence-electron chi connectivity index (χ1n) is 8.54. The minimum atomic E-state index is -4.55. The van der Waals surface area contributed by atoms with Crippen molar-refractivity contribution in [3.63, 3.8) is 0 Å². The summed E-state index contributed by atoms with van der Waals surface area (Å²) in [7, 11) is 0. The van der Waals surface area contributed by atoms with E-state index in [0.29, 0.717) is 16.0 Å². The molecule has 0 unspecified atom stereocenters. The smallest absolute Gasteiger partial charge is 0.269 e. The molecule has 0 radical (unpaired) electrons. The van der Waals surface area contributed by atoms with Gasteiger partial charge in [0.2, 0.25) is 5.16 Å². The van der Waals surface area contributed by atoms with Crippen LogP contribution in [0, 0.1) is 6.92 Å². The molecule has 0 bridgehead atoms. The Morgan fingerprint density at radius 2 is 1.70 bits per heavy atom. The van der Waals surface area contributed by atoms with Crippen LogP contribution < -0.4 is 0 Å². The summed E-state index contributed by atoms with van der Waals surface area (Å²) in [6.07, 6.45) is -1.29. The predicted molar refractivity (Wildman–Crippen MR) is 105 cm³/mol. The lowest BCUT2D eigenvalue weighted by atomic mass is 10.2. The summed E-state index contributed by atoms with van der Waals surface area (Å²) in [6.45, 7) is 1.86. The van der Waals surface area contributed by atoms with E-state index in [9.17, 15) is 13.2 Å². The second-order valence-electron chi connectivity index (χ2n) is 6.12. The van der Waals surface area contributed by atoms with Crippen molar-refractivity contribution in [2.24, 2.45) is 0 Å². The van der Waals surface area contributed by atoms with Gasteiger partial charge in [0.1, 0.15) is 5.03 Å². The average Bonchev–Trinajstić information content (AvgIpc) is 3.14. The van der Waals surface area contributed by atoms with E-state index in [2.05, 4.69) is 25.4 Å². The van der Waals surface area contributed by atoms with Gasteiger partial charge in [-0.15, -0.1) is 20.4 Å². The fourth-order valence-corrected chi connectivity index (χ4v) is 3.63.